The summed E-state index contributed by atoms with van der Waals surface area (Å²) in [5, 5.41) is 0. The minimum Gasteiger partial charge on any atom is -0.497 e. The number of aryl methyl sites for hydroxylation is 2. The van der Waals surface area contributed by atoms with E-state index >= 15 is 0 Å². The number of methoxy groups -OCH3 is 1. The zero-order valence-corrected chi connectivity index (χ0v) is 12.6. The molecule has 2 aromatic carbocycles. The van der Waals surface area contributed by atoms with Crippen LogP contribution in [0.3, 0.4) is 0 Å². The summed E-state index contributed by atoms with van der Waals surface area (Å²) in [7, 11) is 1.70. The van der Waals surface area contributed by atoms with Crippen LogP contribution in [0, 0.1) is 0 Å². The Hall–Kier alpha value is -1.80. The van der Waals surface area contributed by atoms with Crippen LogP contribution in [0.15, 0.2) is 48.5 Å². The lowest BCUT2D eigenvalue weighted by atomic mass is 9.74. The third-order valence-corrected chi connectivity index (χ3v) is 4.64. The Bertz CT molecular complexity index is 605. The molecule has 110 valence electrons. The molecule has 21 heavy (non-hydrogen) atoms. The molecule has 0 saturated heterocycles. The van der Waals surface area contributed by atoms with Gasteiger partial charge in [0.05, 0.1) is 7.11 Å². The highest BCUT2D eigenvalue weighted by atomic mass is 16.5. The van der Waals surface area contributed by atoms with E-state index in [0.717, 1.165) is 31.4 Å². The molecule has 2 aromatic rings. The van der Waals surface area contributed by atoms with E-state index in [2.05, 4.69) is 36.4 Å². The van der Waals surface area contributed by atoms with E-state index < -0.39 is 0 Å². The molecule has 2 N–H and O–H groups in total. The van der Waals surface area contributed by atoms with E-state index in [4.69, 9.17) is 10.5 Å². The van der Waals surface area contributed by atoms with Crippen molar-refractivity contribution in [2.45, 2.75) is 37.6 Å². The standard InChI is InChI=1S/C19H23NO/c1-21-17-10-8-15(9-11-17)12-14-19(20)13-4-6-16-5-2-3-7-18(16)19/h2-3,5,7-11H,4,6,12-14,20H2,1H3. The Morgan fingerprint density at radius 1 is 1.10 bits per heavy atom. The first-order valence-corrected chi connectivity index (χ1v) is 7.71. The zero-order valence-electron chi connectivity index (χ0n) is 12.6. The third-order valence-electron chi connectivity index (χ3n) is 4.64. The molecule has 2 nitrogen and oxygen atoms in total. The van der Waals surface area contributed by atoms with Crippen LogP contribution in [-0.2, 0) is 18.4 Å². The Balaban J connectivity index is 1.75. The van der Waals surface area contributed by atoms with E-state index in [1.165, 1.54) is 23.1 Å². The first-order valence-electron chi connectivity index (χ1n) is 7.71. The number of hydrogen-bond acceptors (Lipinski definition) is 2. The van der Waals surface area contributed by atoms with Crippen molar-refractivity contribution in [1.29, 1.82) is 0 Å². The Morgan fingerprint density at radius 3 is 2.62 bits per heavy atom. The summed E-state index contributed by atoms with van der Waals surface area (Å²) in [5.74, 6) is 0.907. The molecule has 0 aliphatic heterocycles. The van der Waals surface area contributed by atoms with Gasteiger partial charge in [0, 0.05) is 5.54 Å². The van der Waals surface area contributed by atoms with E-state index in [1.807, 2.05) is 12.1 Å². The van der Waals surface area contributed by atoms with Crippen molar-refractivity contribution in [3.05, 3.63) is 65.2 Å². The summed E-state index contributed by atoms with van der Waals surface area (Å²) in [4.78, 5) is 0. The van der Waals surface area contributed by atoms with Gasteiger partial charge in [-0.15, -0.1) is 0 Å². The molecule has 0 spiro atoms. The number of ether oxygens (including phenoxy) is 1. The minimum atomic E-state index is -0.172. The number of hydrogen-bond donors (Lipinski definition) is 1. The second kappa shape index (κ2) is 5.90. The molecule has 1 unspecified atom stereocenters. The summed E-state index contributed by atoms with van der Waals surface area (Å²) in [6, 6.07) is 17.0. The molecule has 2 heteroatoms. The van der Waals surface area contributed by atoms with Crippen molar-refractivity contribution in [1.82, 2.24) is 0 Å². The van der Waals surface area contributed by atoms with Crippen LogP contribution < -0.4 is 10.5 Å². The Labute approximate surface area is 126 Å². The van der Waals surface area contributed by atoms with Gasteiger partial charge >= 0.3 is 0 Å². The highest BCUT2D eigenvalue weighted by Gasteiger charge is 2.31. The summed E-state index contributed by atoms with van der Waals surface area (Å²) >= 11 is 0. The van der Waals surface area contributed by atoms with Crippen LogP contribution in [0.2, 0.25) is 0 Å². The van der Waals surface area contributed by atoms with Crippen molar-refractivity contribution in [3.63, 3.8) is 0 Å². The normalized spacial score (nSPS) is 20.9. The number of benzene rings is 2. The maximum atomic E-state index is 6.75. The van der Waals surface area contributed by atoms with Gasteiger partial charge < -0.3 is 10.5 Å². The van der Waals surface area contributed by atoms with Gasteiger partial charge in [0.15, 0.2) is 0 Å². The quantitative estimate of drug-likeness (QED) is 0.924. The average molecular weight is 281 g/mol. The molecule has 1 aliphatic rings. The van der Waals surface area contributed by atoms with Crippen LogP contribution in [0.5, 0.6) is 5.75 Å². The molecule has 0 fully saturated rings. The summed E-state index contributed by atoms with van der Waals surface area (Å²) in [6.45, 7) is 0. The maximum absolute atomic E-state index is 6.75. The molecule has 1 aliphatic carbocycles. The predicted molar refractivity (Wildman–Crippen MR) is 86.6 cm³/mol. The lowest BCUT2D eigenvalue weighted by Gasteiger charge is -2.36. The monoisotopic (exact) mass is 281 g/mol. The molecule has 0 bridgehead atoms. The fourth-order valence-corrected chi connectivity index (χ4v) is 3.37. The minimum absolute atomic E-state index is 0.172. The van der Waals surface area contributed by atoms with Gasteiger partial charge in [0.1, 0.15) is 5.75 Å². The zero-order chi connectivity index (χ0) is 14.7. The molecule has 0 aromatic heterocycles. The summed E-state index contributed by atoms with van der Waals surface area (Å²) in [6.07, 6.45) is 5.44. The fourth-order valence-electron chi connectivity index (χ4n) is 3.37. The number of fused-ring (bicyclic) bond motifs is 1. The van der Waals surface area contributed by atoms with Gasteiger partial charge in [-0.05, 0) is 60.9 Å². The molecule has 0 saturated carbocycles. The number of rotatable bonds is 4. The van der Waals surface area contributed by atoms with E-state index in [0.29, 0.717) is 0 Å². The fraction of sp³-hybridized carbons (Fsp3) is 0.368. The Morgan fingerprint density at radius 2 is 1.86 bits per heavy atom. The first kappa shape index (κ1) is 14.2. The summed E-state index contributed by atoms with van der Waals surface area (Å²) < 4.78 is 5.21. The van der Waals surface area contributed by atoms with Crippen molar-refractivity contribution < 1.29 is 4.74 Å². The predicted octanol–water partition coefficient (Wildman–Crippen LogP) is 3.82. The van der Waals surface area contributed by atoms with Crippen LogP contribution in [0.1, 0.15) is 36.0 Å². The van der Waals surface area contributed by atoms with E-state index in [1.54, 1.807) is 7.11 Å². The van der Waals surface area contributed by atoms with Gasteiger partial charge in [-0.1, -0.05) is 36.4 Å². The van der Waals surface area contributed by atoms with Gasteiger partial charge in [0.2, 0.25) is 0 Å². The van der Waals surface area contributed by atoms with Gasteiger partial charge in [-0.3, -0.25) is 0 Å². The highest BCUT2D eigenvalue weighted by molar-refractivity contribution is 5.36. The maximum Gasteiger partial charge on any atom is 0.118 e. The molecule has 3 rings (SSSR count). The lowest BCUT2D eigenvalue weighted by molar-refractivity contribution is 0.346. The SMILES string of the molecule is COc1ccc(CCC2(N)CCCc3ccccc32)cc1. The average Bonchev–Trinajstić information content (AvgIpc) is 2.54. The van der Waals surface area contributed by atoms with Crippen molar-refractivity contribution in [2.75, 3.05) is 7.11 Å². The van der Waals surface area contributed by atoms with Crippen LogP contribution >= 0.6 is 0 Å². The molecule has 0 heterocycles. The van der Waals surface area contributed by atoms with Crippen molar-refractivity contribution >= 4 is 0 Å². The van der Waals surface area contributed by atoms with Gasteiger partial charge in [-0.25, -0.2) is 0 Å². The summed E-state index contributed by atoms with van der Waals surface area (Å²) in [5.41, 5.74) is 10.7. The van der Waals surface area contributed by atoms with E-state index in [9.17, 15) is 0 Å². The highest BCUT2D eigenvalue weighted by Crippen LogP contribution is 2.36. The lowest BCUT2D eigenvalue weighted by Crippen LogP contribution is -2.40. The smallest absolute Gasteiger partial charge is 0.118 e. The molecular formula is C19H23NO. The molecule has 1 atom stereocenters. The van der Waals surface area contributed by atoms with E-state index in [-0.39, 0.29) is 5.54 Å². The van der Waals surface area contributed by atoms with Crippen molar-refractivity contribution in [3.8, 4) is 5.75 Å². The van der Waals surface area contributed by atoms with Gasteiger partial charge in [-0.2, -0.15) is 0 Å². The number of nitrogens with two attached hydrogens (primary N) is 1. The molecule has 0 amide bonds. The van der Waals surface area contributed by atoms with Crippen LogP contribution in [0.25, 0.3) is 0 Å². The first-order chi connectivity index (χ1) is 10.2. The van der Waals surface area contributed by atoms with Crippen LogP contribution in [0.4, 0.5) is 0 Å². The topological polar surface area (TPSA) is 35.2 Å². The van der Waals surface area contributed by atoms with Gasteiger partial charge in [0.25, 0.3) is 0 Å². The van der Waals surface area contributed by atoms with Crippen LogP contribution in [-0.4, -0.2) is 7.11 Å². The molecular weight excluding hydrogens is 258 g/mol. The van der Waals surface area contributed by atoms with Crippen molar-refractivity contribution in [2.24, 2.45) is 5.73 Å². The third kappa shape index (κ3) is 2.96. The largest absolute Gasteiger partial charge is 0.497 e. The second-order valence-electron chi connectivity index (χ2n) is 6.01. The molecule has 0 radical (unpaired) electrons. The Kier molecular flexibility index (Phi) is 3.98. The second-order valence-corrected chi connectivity index (χ2v) is 6.01.